The van der Waals surface area contributed by atoms with Crippen LogP contribution >= 0.6 is 0 Å². The highest BCUT2D eigenvalue weighted by atomic mass is 16.2. The van der Waals surface area contributed by atoms with Crippen molar-refractivity contribution in [2.75, 3.05) is 0 Å². The summed E-state index contributed by atoms with van der Waals surface area (Å²) >= 11 is 0. The summed E-state index contributed by atoms with van der Waals surface area (Å²) in [5.74, 6) is 0.803. The van der Waals surface area contributed by atoms with Gasteiger partial charge in [-0.05, 0) is 32.1 Å². The quantitative estimate of drug-likeness (QED) is 0.850. The van der Waals surface area contributed by atoms with E-state index in [1.165, 1.54) is 12.8 Å². The fourth-order valence-electron chi connectivity index (χ4n) is 3.49. The number of hydrogen-bond donors (Lipinski definition) is 1. The molecule has 1 aliphatic carbocycles. The third kappa shape index (κ3) is 2.93. The van der Waals surface area contributed by atoms with Crippen LogP contribution in [0.5, 0.6) is 0 Å². The van der Waals surface area contributed by atoms with Crippen LogP contribution in [0.4, 0.5) is 0 Å². The molecule has 0 radical (unpaired) electrons. The molecular formula is C15H26N2O2. The number of nitrogens with zero attached hydrogens (tertiary/aromatic N) is 1. The molecule has 19 heavy (non-hydrogen) atoms. The van der Waals surface area contributed by atoms with Gasteiger partial charge in [0, 0.05) is 6.04 Å². The van der Waals surface area contributed by atoms with Gasteiger partial charge in [-0.15, -0.1) is 0 Å². The van der Waals surface area contributed by atoms with Crippen molar-refractivity contribution in [3.05, 3.63) is 0 Å². The lowest BCUT2D eigenvalue weighted by atomic mass is 9.84. The Hall–Kier alpha value is -1.06. The van der Waals surface area contributed by atoms with Crippen LogP contribution in [0.1, 0.15) is 59.3 Å². The SMILES string of the molecule is CCCC1NC(=O)C(C)N(C2CCCC(C)C2)C1=O. The largest absolute Gasteiger partial charge is 0.343 e. The zero-order valence-electron chi connectivity index (χ0n) is 12.3. The summed E-state index contributed by atoms with van der Waals surface area (Å²) in [7, 11) is 0. The number of carbonyl (C=O) groups excluding carboxylic acids is 2. The zero-order chi connectivity index (χ0) is 14.0. The van der Waals surface area contributed by atoms with E-state index in [2.05, 4.69) is 12.2 Å². The van der Waals surface area contributed by atoms with Crippen molar-refractivity contribution >= 4 is 11.8 Å². The van der Waals surface area contributed by atoms with Crippen molar-refractivity contribution in [3.63, 3.8) is 0 Å². The molecule has 1 N–H and O–H groups in total. The average molecular weight is 266 g/mol. The van der Waals surface area contributed by atoms with Gasteiger partial charge >= 0.3 is 0 Å². The Balaban J connectivity index is 2.14. The number of piperazine rings is 1. The van der Waals surface area contributed by atoms with Gasteiger partial charge in [0.05, 0.1) is 0 Å². The summed E-state index contributed by atoms with van der Waals surface area (Å²) in [6.07, 6.45) is 6.17. The van der Waals surface area contributed by atoms with Gasteiger partial charge in [-0.2, -0.15) is 0 Å². The Labute approximate surface area is 115 Å². The van der Waals surface area contributed by atoms with Gasteiger partial charge in [-0.3, -0.25) is 9.59 Å². The highest BCUT2D eigenvalue weighted by molar-refractivity contribution is 5.96. The van der Waals surface area contributed by atoms with Crippen LogP contribution < -0.4 is 5.32 Å². The molecule has 0 bridgehead atoms. The van der Waals surface area contributed by atoms with Crippen LogP contribution in [0.2, 0.25) is 0 Å². The summed E-state index contributed by atoms with van der Waals surface area (Å²) in [5, 5.41) is 2.87. The number of carbonyl (C=O) groups is 2. The van der Waals surface area contributed by atoms with Crippen molar-refractivity contribution in [2.45, 2.75) is 77.4 Å². The normalized spacial score (nSPS) is 36.3. The number of nitrogens with one attached hydrogen (secondary N) is 1. The molecule has 2 rings (SSSR count). The van der Waals surface area contributed by atoms with E-state index in [1.54, 1.807) is 0 Å². The lowest BCUT2D eigenvalue weighted by Crippen LogP contribution is -2.65. The van der Waals surface area contributed by atoms with Crippen molar-refractivity contribution in [1.29, 1.82) is 0 Å². The van der Waals surface area contributed by atoms with Crippen LogP contribution in [0.25, 0.3) is 0 Å². The second-order valence-corrected chi connectivity index (χ2v) is 6.20. The van der Waals surface area contributed by atoms with Crippen LogP contribution in [-0.4, -0.2) is 34.8 Å². The molecule has 2 fully saturated rings. The fourth-order valence-corrected chi connectivity index (χ4v) is 3.49. The van der Waals surface area contributed by atoms with Gasteiger partial charge < -0.3 is 10.2 Å². The summed E-state index contributed by atoms with van der Waals surface area (Å²) in [6.45, 7) is 6.15. The predicted octanol–water partition coefficient (Wildman–Crippen LogP) is 2.08. The monoisotopic (exact) mass is 266 g/mol. The molecule has 0 spiro atoms. The molecule has 0 aromatic carbocycles. The smallest absolute Gasteiger partial charge is 0.246 e. The molecule has 1 aliphatic heterocycles. The maximum absolute atomic E-state index is 12.6. The van der Waals surface area contributed by atoms with E-state index >= 15 is 0 Å². The summed E-state index contributed by atoms with van der Waals surface area (Å²) < 4.78 is 0. The maximum Gasteiger partial charge on any atom is 0.246 e. The lowest BCUT2D eigenvalue weighted by Gasteiger charge is -2.44. The molecule has 108 valence electrons. The molecule has 4 nitrogen and oxygen atoms in total. The molecule has 0 aromatic rings. The molecule has 4 atom stereocenters. The fraction of sp³-hybridized carbons (Fsp3) is 0.867. The van der Waals surface area contributed by atoms with Crippen LogP contribution in [0.3, 0.4) is 0 Å². The average Bonchev–Trinajstić information content (AvgIpc) is 2.36. The Kier molecular flexibility index (Phi) is 4.48. The van der Waals surface area contributed by atoms with Gasteiger partial charge in [0.15, 0.2) is 0 Å². The van der Waals surface area contributed by atoms with Crippen molar-refractivity contribution in [1.82, 2.24) is 10.2 Å². The first-order chi connectivity index (χ1) is 9.04. The first kappa shape index (κ1) is 14.4. The van der Waals surface area contributed by atoms with Crippen molar-refractivity contribution in [2.24, 2.45) is 5.92 Å². The zero-order valence-corrected chi connectivity index (χ0v) is 12.3. The number of hydrogen-bond acceptors (Lipinski definition) is 2. The van der Waals surface area contributed by atoms with Crippen molar-refractivity contribution in [3.8, 4) is 0 Å². The van der Waals surface area contributed by atoms with Gasteiger partial charge in [0.1, 0.15) is 12.1 Å². The molecular weight excluding hydrogens is 240 g/mol. The molecule has 4 unspecified atom stereocenters. The molecule has 1 saturated heterocycles. The Morgan fingerprint density at radius 2 is 2.00 bits per heavy atom. The van der Waals surface area contributed by atoms with Crippen LogP contribution in [0.15, 0.2) is 0 Å². The van der Waals surface area contributed by atoms with Gasteiger partial charge in [-0.25, -0.2) is 0 Å². The summed E-state index contributed by atoms with van der Waals surface area (Å²) in [5.41, 5.74) is 0. The lowest BCUT2D eigenvalue weighted by molar-refractivity contribution is -0.152. The van der Waals surface area contributed by atoms with Gasteiger partial charge in [0.25, 0.3) is 0 Å². The second-order valence-electron chi connectivity index (χ2n) is 6.20. The third-order valence-corrected chi connectivity index (χ3v) is 4.55. The van der Waals surface area contributed by atoms with Crippen molar-refractivity contribution < 1.29 is 9.59 Å². The molecule has 1 saturated carbocycles. The highest BCUT2D eigenvalue weighted by Gasteiger charge is 2.41. The van der Waals surface area contributed by atoms with E-state index < -0.39 is 0 Å². The molecule has 2 aliphatic rings. The van der Waals surface area contributed by atoms with E-state index in [1.807, 2.05) is 18.7 Å². The molecule has 4 heteroatoms. The standard InChI is InChI=1S/C15H26N2O2/c1-4-6-13-15(19)17(11(3)14(18)16-13)12-8-5-7-10(2)9-12/h10-13H,4-9H2,1-3H3,(H,16,18). The topological polar surface area (TPSA) is 49.4 Å². The Morgan fingerprint density at radius 3 is 2.63 bits per heavy atom. The minimum atomic E-state index is -0.309. The molecule has 2 amide bonds. The second kappa shape index (κ2) is 5.93. The third-order valence-electron chi connectivity index (χ3n) is 4.55. The first-order valence-corrected chi connectivity index (χ1v) is 7.67. The van der Waals surface area contributed by atoms with Gasteiger partial charge in [0.2, 0.25) is 11.8 Å². The van der Waals surface area contributed by atoms with Gasteiger partial charge in [-0.1, -0.05) is 33.1 Å². The summed E-state index contributed by atoms with van der Waals surface area (Å²) in [4.78, 5) is 26.5. The molecule has 0 aromatic heterocycles. The van der Waals surface area contributed by atoms with E-state index in [9.17, 15) is 9.59 Å². The van der Waals surface area contributed by atoms with E-state index in [0.29, 0.717) is 5.92 Å². The maximum atomic E-state index is 12.6. The minimum absolute atomic E-state index is 0.0104. The first-order valence-electron chi connectivity index (χ1n) is 7.67. The van der Waals surface area contributed by atoms with Crippen LogP contribution in [0, 0.1) is 5.92 Å². The van der Waals surface area contributed by atoms with E-state index in [-0.39, 0.29) is 29.9 Å². The van der Waals surface area contributed by atoms with E-state index in [4.69, 9.17) is 0 Å². The minimum Gasteiger partial charge on any atom is -0.343 e. The Bertz CT molecular complexity index is 356. The number of rotatable bonds is 3. The highest BCUT2D eigenvalue weighted by Crippen LogP contribution is 2.30. The summed E-state index contributed by atoms with van der Waals surface area (Å²) in [6, 6.07) is -0.349. The van der Waals surface area contributed by atoms with E-state index in [0.717, 1.165) is 25.7 Å². The molecule has 1 heterocycles. The van der Waals surface area contributed by atoms with Crippen LogP contribution in [-0.2, 0) is 9.59 Å². The Morgan fingerprint density at radius 1 is 1.26 bits per heavy atom. The predicted molar refractivity (Wildman–Crippen MR) is 74.6 cm³/mol. The number of amides is 2.